The van der Waals surface area contributed by atoms with Crippen LogP contribution in [0.1, 0.15) is 96.3 Å². The predicted octanol–water partition coefficient (Wildman–Crippen LogP) is 5.16. The summed E-state index contributed by atoms with van der Waals surface area (Å²) in [5.74, 6) is 2.08. The molecule has 0 aromatic carbocycles. The van der Waals surface area contributed by atoms with E-state index in [9.17, 15) is 4.79 Å². The van der Waals surface area contributed by atoms with E-state index in [0.717, 1.165) is 30.6 Å². The number of hydrazine groups is 1. The number of carboxylic acid groups (broad SMARTS) is 1. The van der Waals surface area contributed by atoms with Gasteiger partial charge in [0.25, 0.3) is 0 Å². The molecule has 2 saturated carbocycles. The molecule has 0 bridgehead atoms. The summed E-state index contributed by atoms with van der Waals surface area (Å²) in [4.78, 5) is 10.4. The molecular weight excluding hydrogens is 324 g/mol. The largest absolute Gasteiger partial charge is 0.481 e. The van der Waals surface area contributed by atoms with E-state index in [1.165, 1.54) is 82.7 Å². The van der Waals surface area contributed by atoms with Crippen molar-refractivity contribution < 1.29 is 9.90 Å². The lowest BCUT2D eigenvalue weighted by Crippen LogP contribution is -2.38. The number of unbranched alkanes of at least 4 members (excludes halogenated alkanes) is 8. The highest BCUT2D eigenvalue weighted by molar-refractivity contribution is 5.66. The van der Waals surface area contributed by atoms with Gasteiger partial charge in [0.1, 0.15) is 0 Å². The zero-order valence-electron chi connectivity index (χ0n) is 16.3. The first-order valence-corrected chi connectivity index (χ1v) is 11.2. The van der Waals surface area contributed by atoms with Gasteiger partial charge in [-0.05, 0) is 43.9 Å². The van der Waals surface area contributed by atoms with Crippen LogP contribution in [-0.4, -0.2) is 17.1 Å². The Balaban J connectivity index is 1.22. The average molecular weight is 363 g/mol. The molecule has 4 unspecified atom stereocenters. The molecule has 1 saturated heterocycles. The number of hydrogen-bond donors (Lipinski definition) is 3. The highest BCUT2D eigenvalue weighted by Gasteiger charge is 2.43. The Morgan fingerprint density at radius 1 is 0.962 bits per heavy atom. The monoisotopic (exact) mass is 362 g/mol. The summed E-state index contributed by atoms with van der Waals surface area (Å²) in [7, 11) is 0. The molecule has 0 amide bonds. The molecular formula is C22H38N2O2. The number of allylic oxidation sites excluding steroid dienone is 1. The van der Waals surface area contributed by atoms with E-state index in [-0.39, 0.29) is 0 Å². The zero-order chi connectivity index (χ0) is 18.2. The second kappa shape index (κ2) is 10.3. The third kappa shape index (κ3) is 5.73. The molecule has 0 aromatic heterocycles. The fourth-order valence-corrected chi connectivity index (χ4v) is 5.43. The van der Waals surface area contributed by atoms with Crippen LogP contribution in [0.5, 0.6) is 0 Å². The maximum absolute atomic E-state index is 10.4. The lowest BCUT2D eigenvalue weighted by atomic mass is 9.72. The Morgan fingerprint density at radius 3 is 2.35 bits per heavy atom. The van der Waals surface area contributed by atoms with Gasteiger partial charge in [0.15, 0.2) is 0 Å². The van der Waals surface area contributed by atoms with Crippen LogP contribution in [0, 0.1) is 17.8 Å². The zero-order valence-corrected chi connectivity index (χ0v) is 16.3. The summed E-state index contributed by atoms with van der Waals surface area (Å²) in [6.07, 6.45) is 20.8. The Hall–Kier alpha value is -1.03. The van der Waals surface area contributed by atoms with Crippen LogP contribution in [0.4, 0.5) is 0 Å². The molecule has 0 spiro atoms. The van der Waals surface area contributed by atoms with Crippen LogP contribution >= 0.6 is 0 Å². The number of fused-ring (bicyclic) bond motifs is 2. The van der Waals surface area contributed by atoms with Gasteiger partial charge >= 0.3 is 5.97 Å². The van der Waals surface area contributed by atoms with E-state index in [4.69, 9.17) is 5.11 Å². The lowest BCUT2D eigenvalue weighted by molar-refractivity contribution is -0.137. The molecule has 0 radical (unpaired) electrons. The molecule has 148 valence electrons. The van der Waals surface area contributed by atoms with E-state index in [0.29, 0.717) is 12.5 Å². The summed E-state index contributed by atoms with van der Waals surface area (Å²) in [5, 5.41) is 8.61. The molecule has 0 aromatic rings. The molecule has 2 aliphatic carbocycles. The highest BCUT2D eigenvalue weighted by atomic mass is 16.4. The molecule has 3 aliphatic rings. The van der Waals surface area contributed by atoms with Gasteiger partial charge in [-0.15, -0.1) is 0 Å². The van der Waals surface area contributed by atoms with Crippen molar-refractivity contribution in [2.45, 2.75) is 102 Å². The van der Waals surface area contributed by atoms with Crippen LogP contribution < -0.4 is 10.9 Å². The summed E-state index contributed by atoms with van der Waals surface area (Å²) < 4.78 is 0. The van der Waals surface area contributed by atoms with Crippen molar-refractivity contribution in [1.29, 1.82) is 0 Å². The number of nitrogens with one attached hydrogen (secondary N) is 2. The van der Waals surface area contributed by atoms with E-state index in [2.05, 4.69) is 16.9 Å². The average Bonchev–Trinajstić information content (AvgIpc) is 3.23. The quantitative estimate of drug-likeness (QED) is 0.444. The van der Waals surface area contributed by atoms with Crippen molar-refractivity contribution in [1.82, 2.24) is 10.9 Å². The normalized spacial score (nSPS) is 31.6. The van der Waals surface area contributed by atoms with Crippen molar-refractivity contribution >= 4 is 5.97 Å². The molecule has 4 atom stereocenters. The van der Waals surface area contributed by atoms with Crippen molar-refractivity contribution in [3.63, 3.8) is 0 Å². The summed E-state index contributed by atoms with van der Waals surface area (Å²) >= 11 is 0. The first kappa shape index (κ1) is 19.7. The predicted molar refractivity (Wildman–Crippen MR) is 106 cm³/mol. The van der Waals surface area contributed by atoms with E-state index in [1.807, 2.05) is 0 Å². The standard InChI is InChI=1S/C22H38N2O2/c25-22(26)14-9-7-5-3-1-2-4-6-8-13-20-19-15-17-11-10-12-18(17)16-21(19)24-23-20/h13,17-19,21,23-24H,1-12,14-16H2,(H,25,26). The van der Waals surface area contributed by atoms with Crippen LogP contribution in [-0.2, 0) is 4.79 Å². The minimum atomic E-state index is -0.659. The topological polar surface area (TPSA) is 61.4 Å². The summed E-state index contributed by atoms with van der Waals surface area (Å²) in [6, 6.07) is 0.682. The van der Waals surface area contributed by atoms with Crippen molar-refractivity contribution in [2.75, 3.05) is 0 Å². The Bertz CT molecular complexity index is 477. The van der Waals surface area contributed by atoms with E-state index < -0.39 is 5.97 Å². The number of aliphatic carboxylic acids is 1. The Kier molecular flexibility index (Phi) is 7.85. The minimum absolute atomic E-state index is 0.334. The molecule has 26 heavy (non-hydrogen) atoms. The summed E-state index contributed by atoms with van der Waals surface area (Å²) in [5.41, 5.74) is 8.54. The number of hydrogen-bond acceptors (Lipinski definition) is 3. The Labute approximate surface area is 159 Å². The van der Waals surface area contributed by atoms with Crippen LogP contribution in [0.15, 0.2) is 11.8 Å². The third-order valence-corrected chi connectivity index (χ3v) is 6.93. The number of carbonyl (C=O) groups is 1. The molecule has 4 nitrogen and oxygen atoms in total. The smallest absolute Gasteiger partial charge is 0.303 e. The first-order chi connectivity index (χ1) is 12.7. The molecule has 4 heteroatoms. The van der Waals surface area contributed by atoms with E-state index in [1.54, 1.807) is 0 Å². The van der Waals surface area contributed by atoms with Gasteiger partial charge in [0.2, 0.25) is 0 Å². The van der Waals surface area contributed by atoms with Gasteiger partial charge < -0.3 is 10.5 Å². The maximum Gasteiger partial charge on any atom is 0.303 e. The van der Waals surface area contributed by atoms with E-state index >= 15 is 0 Å². The van der Waals surface area contributed by atoms with Gasteiger partial charge in [-0.25, -0.2) is 5.43 Å². The second-order valence-corrected chi connectivity index (χ2v) is 8.83. The van der Waals surface area contributed by atoms with Gasteiger partial charge in [-0.3, -0.25) is 4.79 Å². The van der Waals surface area contributed by atoms with Gasteiger partial charge in [0.05, 0.1) is 0 Å². The fourth-order valence-electron chi connectivity index (χ4n) is 5.43. The van der Waals surface area contributed by atoms with Crippen LogP contribution in [0.3, 0.4) is 0 Å². The molecule has 3 N–H and O–H groups in total. The maximum atomic E-state index is 10.4. The van der Waals surface area contributed by atoms with Crippen molar-refractivity contribution in [3.8, 4) is 0 Å². The number of carboxylic acids is 1. The second-order valence-electron chi connectivity index (χ2n) is 8.83. The van der Waals surface area contributed by atoms with Crippen molar-refractivity contribution in [2.24, 2.45) is 17.8 Å². The highest BCUT2D eigenvalue weighted by Crippen LogP contribution is 2.47. The van der Waals surface area contributed by atoms with Gasteiger partial charge in [-0.1, -0.05) is 63.9 Å². The molecule has 1 aliphatic heterocycles. The Morgan fingerprint density at radius 2 is 1.62 bits per heavy atom. The summed E-state index contributed by atoms with van der Waals surface area (Å²) in [6.45, 7) is 0. The SMILES string of the molecule is O=C(O)CCCCCCCCCCC=C1NNC2CC3CCCC3CC12. The van der Waals surface area contributed by atoms with Crippen LogP contribution in [0.25, 0.3) is 0 Å². The molecule has 3 rings (SSSR count). The first-order valence-electron chi connectivity index (χ1n) is 11.2. The molecule has 1 heterocycles. The van der Waals surface area contributed by atoms with Gasteiger partial charge in [0, 0.05) is 24.1 Å². The fraction of sp³-hybridized carbons (Fsp3) is 0.864. The third-order valence-electron chi connectivity index (χ3n) is 6.93. The minimum Gasteiger partial charge on any atom is -0.481 e. The number of rotatable bonds is 11. The van der Waals surface area contributed by atoms with Crippen LogP contribution in [0.2, 0.25) is 0 Å². The van der Waals surface area contributed by atoms with Crippen molar-refractivity contribution in [3.05, 3.63) is 11.8 Å². The van der Waals surface area contributed by atoms with Gasteiger partial charge in [-0.2, -0.15) is 0 Å². The lowest BCUT2D eigenvalue weighted by Gasteiger charge is -2.33. The molecule has 3 fully saturated rings.